The van der Waals surface area contributed by atoms with Gasteiger partial charge >= 0.3 is 0 Å². The number of nitrogens with one attached hydrogen (secondary N) is 1. The van der Waals surface area contributed by atoms with Crippen LogP contribution in [0.4, 0.5) is 5.69 Å². The molecule has 0 aliphatic carbocycles. The molecule has 0 spiro atoms. The Morgan fingerprint density at radius 2 is 2.04 bits per heavy atom. The molecule has 0 saturated heterocycles. The van der Waals surface area contributed by atoms with Crippen molar-refractivity contribution >= 4 is 11.6 Å². The zero-order valence-corrected chi connectivity index (χ0v) is 14.5. The predicted octanol–water partition coefficient (Wildman–Crippen LogP) is 2.81. The number of amides is 1. The number of rotatable bonds is 5. The molecular formula is C19H16N6O2. The van der Waals surface area contributed by atoms with E-state index >= 15 is 0 Å². The molecule has 3 heterocycles. The molecule has 1 amide bonds. The van der Waals surface area contributed by atoms with Crippen LogP contribution >= 0.6 is 0 Å². The second-order valence-corrected chi connectivity index (χ2v) is 5.86. The Morgan fingerprint density at radius 1 is 1.19 bits per heavy atom. The second kappa shape index (κ2) is 7.20. The normalized spacial score (nSPS) is 10.7. The maximum atomic E-state index is 12.3. The molecule has 1 aromatic carbocycles. The molecule has 0 bridgehead atoms. The Labute approximate surface area is 154 Å². The summed E-state index contributed by atoms with van der Waals surface area (Å²) in [5.74, 6) is 1.56. The quantitative estimate of drug-likeness (QED) is 0.587. The van der Waals surface area contributed by atoms with Crippen LogP contribution in [0.15, 0.2) is 65.7 Å². The highest BCUT2D eigenvalue weighted by molar-refractivity contribution is 5.92. The van der Waals surface area contributed by atoms with E-state index in [0.717, 1.165) is 5.56 Å². The summed E-state index contributed by atoms with van der Waals surface area (Å²) in [4.78, 5) is 24.9. The summed E-state index contributed by atoms with van der Waals surface area (Å²) in [6, 6.07) is 13.1. The van der Waals surface area contributed by atoms with E-state index in [-0.39, 0.29) is 12.3 Å². The van der Waals surface area contributed by atoms with Crippen molar-refractivity contribution in [2.75, 3.05) is 5.32 Å². The zero-order chi connectivity index (χ0) is 18.6. The first-order valence-corrected chi connectivity index (χ1v) is 8.31. The summed E-state index contributed by atoms with van der Waals surface area (Å²) < 4.78 is 7.23. The number of anilines is 1. The molecule has 8 nitrogen and oxygen atoms in total. The van der Waals surface area contributed by atoms with Gasteiger partial charge in [-0.25, -0.2) is 19.6 Å². The van der Waals surface area contributed by atoms with E-state index < -0.39 is 0 Å². The van der Waals surface area contributed by atoms with Crippen LogP contribution in [-0.4, -0.2) is 30.6 Å². The van der Waals surface area contributed by atoms with Gasteiger partial charge in [0, 0.05) is 5.56 Å². The minimum absolute atomic E-state index is 0.118. The largest absolute Gasteiger partial charge is 0.441 e. The number of hydrogen-bond acceptors (Lipinski definition) is 6. The average Bonchev–Trinajstić information content (AvgIpc) is 3.34. The van der Waals surface area contributed by atoms with Gasteiger partial charge in [0.2, 0.25) is 11.8 Å². The van der Waals surface area contributed by atoms with Gasteiger partial charge in [-0.2, -0.15) is 5.10 Å². The summed E-state index contributed by atoms with van der Waals surface area (Å²) >= 11 is 0. The smallest absolute Gasteiger partial charge is 0.230 e. The highest BCUT2D eigenvalue weighted by Gasteiger charge is 2.15. The molecule has 0 aliphatic rings. The third-order valence-electron chi connectivity index (χ3n) is 3.93. The van der Waals surface area contributed by atoms with Crippen molar-refractivity contribution in [1.82, 2.24) is 24.7 Å². The van der Waals surface area contributed by atoms with Crippen LogP contribution in [0.2, 0.25) is 0 Å². The predicted molar refractivity (Wildman–Crippen MR) is 98.2 cm³/mol. The Morgan fingerprint density at radius 3 is 2.74 bits per heavy atom. The van der Waals surface area contributed by atoms with Crippen molar-refractivity contribution in [2.45, 2.75) is 13.3 Å². The lowest BCUT2D eigenvalue weighted by Crippen LogP contribution is -2.15. The minimum Gasteiger partial charge on any atom is -0.441 e. The number of aryl methyl sites for hydroxylation is 1. The highest BCUT2D eigenvalue weighted by atomic mass is 16.4. The number of carbonyl (C=O) groups is 1. The topological polar surface area (TPSA) is 98.7 Å². The van der Waals surface area contributed by atoms with Crippen LogP contribution in [0, 0.1) is 6.92 Å². The summed E-state index contributed by atoms with van der Waals surface area (Å²) in [6.07, 6.45) is 4.67. The fourth-order valence-electron chi connectivity index (χ4n) is 2.58. The SMILES string of the molecule is Cc1oc(-c2ccccc2)nc1CC(=O)Nc1ccc(-n2cncn2)nc1. The molecule has 0 fully saturated rings. The summed E-state index contributed by atoms with van der Waals surface area (Å²) in [5, 5.41) is 6.82. The Balaban J connectivity index is 1.43. The standard InChI is InChI=1S/C19H16N6O2/c1-13-16(24-19(27-13)14-5-3-2-4-6-14)9-18(26)23-15-7-8-17(21-10-15)25-12-20-11-22-25/h2-8,10-12H,9H2,1H3,(H,23,26). The van der Waals surface area contributed by atoms with Gasteiger partial charge in [0.05, 0.1) is 24.0 Å². The van der Waals surface area contributed by atoms with Gasteiger partial charge in [-0.3, -0.25) is 4.79 Å². The van der Waals surface area contributed by atoms with Gasteiger partial charge in [0.25, 0.3) is 0 Å². The number of carbonyl (C=O) groups excluding carboxylic acids is 1. The Bertz CT molecular complexity index is 1040. The van der Waals surface area contributed by atoms with E-state index in [1.54, 1.807) is 31.6 Å². The monoisotopic (exact) mass is 360 g/mol. The molecule has 3 aromatic heterocycles. The van der Waals surface area contributed by atoms with Crippen molar-refractivity contribution in [3.8, 4) is 17.3 Å². The molecular weight excluding hydrogens is 344 g/mol. The molecule has 4 rings (SSSR count). The molecule has 8 heteroatoms. The van der Waals surface area contributed by atoms with Gasteiger partial charge in [-0.1, -0.05) is 18.2 Å². The van der Waals surface area contributed by atoms with E-state index in [1.165, 1.54) is 11.0 Å². The molecule has 134 valence electrons. The highest BCUT2D eigenvalue weighted by Crippen LogP contribution is 2.22. The lowest BCUT2D eigenvalue weighted by molar-refractivity contribution is -0.115. The van der Waals surface area contributed by atoms with Crippen molar-refractivity contribution in [1.29, 1.82) is 0 Å². The number of aromatic nitrogens is 5. The molecule has 0 aliphatic heterocycles. The Hall–Kier alpha value is -3.81. The van der Waals surface area contributed by atoms with E-state index in [9.17, 15) is 4.79 Å². The van der Waals surface area contributed by atoms with Crippen LogP contribution < -0.4 is 5.32 Å². The minimum atomic E-state index is -0.193. The molecule has 4 aromatic rings. The first kappa shape index (κ1) is 16.6. The van der Waals surface area contributed by atoms with Crippen molar-refractivity contribution < 1.29 is 9.21 Å². The lowest BCUT2D eigenvalue weighted by atomic mass is 10.2. The summed E-state index contributed by atoms with van der Waals surface area (Å²) in [6.45, 7) is 1.80. The first-order valence-electron chi connectivity index (χ1n) is 8.31. The molecule has 1 N–H and O–H groups in total. The third kappa shape index (κ3) is 3.74. The number of pyridine rings is 1. The number of hydrogen-bond donors (Lipinski definition) is 1. The average molecular weight is 360 g/mol. The maximum Gasteiger partial charge on any atom is 0.230 e. The fraction of sp³-hybridized carbons (Fsp3) is 0.105. The summed E-state index contributed by atoms with van der Waals surface area (Å²) in [7, 11) is 0. The van der Waals surface area contributed by atoms with Crippen molar-refractivity contribution in [3.63, 3.8) is 0 Å². The number of nitrogens with zero attached hydrogens (tertiary/aromatic N) is 5. The van der Waals surface area contributed by atoms with E-state index in [4.69, 9.17) is 4.42 Å². The maximum absolute atomic E-state index is 12.3. The van der Waals surface area contributed by atoms with Crippen molar-refractivity contribution in [3.05, 3.63) is 72.8 Å². The molecule has 27 heavy (non-hydrogen) atoms. The van der Waals surface area contributed by atoms with E-state index in [1.807, 2.05) is 30.3 Å². The first-order chi connectivity index (χ1) is 13.2. The fourth-order valence-corrected chi connectivity index (χ4v) is 2.58. The van der Waals surface area contributed by atoms with Crippen LogP contribution in [0.3, 0.4) is 0 Å². The van der Waals surface area contributed by atoms with Gasteiger partial charge in [-0.15, -0.1) is 0 Å². The van der Waals surface area contributed by atoms with Gasteiger partial charge in [0.15, 0.2) is 5.82 Å². The zero-order valence-electron chi connectivity index (χ0n) is 14.5. The van der Waals surface area contributed by atoms with E-state index in [2.05, 4.69) is 25.4 Å². The van der Waals surface area contributed by atoms with Gasteiger partial charge < -0.3 is 9.73 Å². The van der Waals surface area contributed by atoms with E-state index in [0.29, 0.717) is 28.9 Å². The molecule has 0 atom stereocenters. The van der Waals surface area contributed by atoms with Gasteiger partial charge in [0.1, 0.15) is 18.4 Å². The van der Waals surface area contributed by atoms with Crippen LogP contribution in [-0.2, 0) is 11.2 Å². The Kier molecular flexibility index (Phi) is 4.44. The lowest BCUT2D eigenvalue weighted by Gasteiger charge is -2.05. The van der Waals surface area contributed by atoms with Crippen LogP contribution in [0.1, 0.15) is 11.5 Å². The van der Waals surface area contributed by atoms with Crippen LogP contribution in [0.5, 0.6) is 0 Å². The van der Waals surface area contributed by atoms with Crippen LogP contribution in [0.25, 0.3) is 17.3 Å². The second-order valence-electron chi connectivity index (χ2n) is 5.86. The van der Waals surface area contributed by atoms with Crippen molar-refractivity contribution in [2.24, 2.45) is 0 Å². The number of benzene rings is 1. The third-order valence-corrected chi connectivity index (χ3v) is 3.93. The molecule has 0 unspecified atom stereocenters. The summed E-state index contributed by atoms with van der Waals surface area (Å²) in [5.41, 5.74) is 2.08. The van der Waals surface area contributed by atoms with Gasteiger partial charge in [-0.05, 0) is 31.2 Å². The molecule has 0 radical (unpaired) electrons. The molecule has 0 saturated carbocycles. The number of oxazole rings is 1.